The fourth-order valence-corrected chi connectivity index (χ4v) is 1.97. The first-order chi connectivity index (χ1) is 8.27. The molecular weight excluding hydrogens is 243 g/mol. The molecular formula is C12H17FO5. The average Bonchev–Trinajstić information content (AvgIpc) is 2.80. The Morgan fingerprint density at radius 2 is 2.06 bits per heavy atom. The van der Waals surface area contributed by atoms with Crippen LogP contribution < -0.4 is 0 Å². The van der Waals surface area contributed by atoms with Gasteiger partial charge in [-0.15, -0.1) is 0 Å². The lowest BCUT2D eigenvalue weighted by Gasteiger charge is -2.24. The highest BCUT2D eigenvalue weighted by Gasteiger charge is 2.75. The number of rotatable bonds is 5. The summed E-state index contributed by atoms with van der Waals surface area (Å²) in [7, 11) is 0. The van der Waals surface area contributed by atoms with Gasteiger partial charge in [-0.1, -0.05) is 6.08 Å². The van der Waals surface area contributed by atoms with Crippen molar-refractivity contribution in [3.05, 3.63) is 12.2 Å². The molecule has 6 heteroatoms. The summed E-state index contributed by atoms with van der Waals surface area (Å²) in [6, 6.07) is 0. The van der Waals surface area contributed by atoms with Gasteiger partial charge in [-0.05, 0) is 13.0 Å². The van der Waals surface area contributed by atoms with Crippen LogP contribution in [0.5, 0.6) is 0 Å². The maximum absolute atomic E-state index is 14.3. The van der Waals surface area contributed by atoms with Gasteiger partial charge in [-0.25, -0.2) is 4.39 Å². The van der Waals surface area contributed by atoms with Gasteiger partial charge in [0.25, 0.3) is 0 Å². The Hall–Kier alpha value is -1.43. The normalized spacial score (nSPS) is 32.1. The third kappa shape index (κ3) is 2.69. The maximum atomic E-state index is 14.3. The molecule has 0 heterocycles. The maximum Gasteiger partial charge on any atom is 0.303 e. The minimum Gasteiger partial charge on any atom is -0.463 e. The Morgan fingerprint density at radius 1 is 1.44 bits per heavy atom. The van der Waals surface area contributed by atoms with Crippen molar-refractivity contribution in [3.8, 4) is 0 Å². The van der Waals surface area contributed by atoms with Gasteiger partial charge in [0.05, 0.1) is 0 Å². The van der Waals surface area contributed by atoms with E-state index in [1.165, 1.54) is 19.1 Å². The lowest BCUT2D eigenvalue weighted by molar-refractivity contribution is -0.166. The van der Waals surface area contributed by atoms with Crippen LogP contribution >= 0.6 is 0 Å². The van der Waals surface area contributed by atoms with E-state index in [4.69, 9.17) is 4.74 Å². The lowest BCUT2D eigenvalue weighted by Crippen LogP contribution is -2.42. The molecule has 0 radical (unpaired) electrons. The first-order valence-corrected chi connectivity index (χ1v) is 5.61. The predicted molar refractivity (Wildman–Crippen MR) is 60.4 cm³/mol. The zero-order chi connectivity index (χ0) is 14.0. The van der Waals surface area contributed by atoms with E-state index in [1.54, 1.807) is 6.92 Å². The third-order valence-corrected chi connectivity index (χ3v) is 2.84. The fourth-order valence-electron chi connectivity index (χ4n) is 1.97. The summed E-state index contributed by atoms with van der Waals surface area (Å²) in [6.45, 7) is 3.52. The van der Waals surface area contributed by atoms with E-state index in [2.05, 4.69) is 4.74 Å². The number of esters is 2. The molecule has 0 aromatic heterocycles. The largest absolute Gasteiger partial charge is 0.463 e. The van der Waals surface area contributed by atoms with E-state index in [9.17, 15) is 19.1 Å². The number of allylic oxidation sites excluding steroid dienone is 1. The first-order valence-electron chi connectivity index (χ1n) is 5.61. The molecule has 1 fully saturated rings. The monoisotopic (exact) mass is 260 g/mol. The van der Waals surface area contributed by atoms with Crippen molar-refractivity contribution >= 4 is 11.9 Å². The molecule has 1 rings (SSSR count). The van der Waals surface area contributed by atoms with Gasteiger partial charge in [0, 0.05) is 20.3 Å². The quantitative estimate of drug-likeness (QED) is 0.587. The van der Waals surface area contributed by atoms with Crippen LogP contribution in [0.1, 0.15) is 27.2 Å². The van der Waals surface area contributed by atoms with E-state index in [1.807, 2.05) is 0 Å². The molecule has 0 aromatic carbocycles. The van der Waals surface area contributed by atoms with E-state index in [-0.39, 0.29) is 6.42 Å². The smallest absolute Gasteiger partial charge is 0.303 e. The van der Waals surface area contributed by atoms with Crippen LogP contribution in [-0.2, 0) is 19.1 Å². The Morgan fingerprint density at radius 3 is 2.50 bits per heavy atom. The predicted octanol–water partition coefficient (Wildman–Crippen LogP) is 0.900. The van der Waals surface area contributed by atoms with Gasteiger partial charge in [-0.3, -0.25) is 9.59 Å². The van der Waals surface area contributed by atoms with Gasteiger partial charge < -0.3 is 14.6 Å². The third-order valence-electron chi connectivity index (χ3n) is 2.84. The Labute approximate surface area is 105 Å². The van der Waals surface area contributed by atoms with Crippen molar-refractivity contribution in [2.45, 2.75) is 44.6 Å². The molecule has 18 heavy (non-hydrogen) atoms. The van der Waals surface area contributed by atoms with Crippen molar-refractivity contribution < 1.29 is 28.6 Å². The van der Waals surface area contributed by atoms with Gasteiger partial charge in [0.15, 0.2) is 11.3 Å². The van der Waals surface area contributed by atoms with Crippen LogP contribution in [0, 0.1) is 0 Å². The summed E-state index contributed by atoms with van der Waals surface area (Å²) in [4.78, 5) is 21.7. The van der Waals surface area contributed by atoms with E-state index >= 15 is 0 Å². The summed E-state index contributed by atoms with van der Waals surface area (Å²) in [5.41, 5.74) is -3.56. The SMILES string of the molecule is C/C=C/[C@@]1(F)C[C@@]1(OC(C)=O)C(O)COC(C)=O. The highest BCUT2D eigenvalue weighted by atomic mass is 19.1. The van der Waals surface area contributed by atoms with Crippen LogP contribution in [-0.4, -0.2) is 41.0 Å². The van der Waals surface area contributed by atoms with Gasteiger partial charge >= 0.3 is 11.9 Å². The molecule has 1 N–H and O–H groups in total. The Bertz CT molecular complexity index is 381. The zero-order valence-corrected chi connectivity index (χ0v) is 10.6. The fraction of sp³-hybridized carbons (Fsp3) is 0.667. The minimum atomic E-state index is -1.91. The highest BCUT2D eigenvalue weighted by Crippen LogP contribution is 2.57. The second-order valence-electron chi connectivity index (χ2n) is 4.34. The van der Waals surface area contributed by atoms with E-state index in [0.717, 1.165) is 6.92 Å². The topological polar surface area (TPSA) is 72.8 Å². The van der Waals surface area contributed by atoms with Crippen molar-refractivity contribution in [1.82, 2.24) is 0 Å². The van der Waals surface area contributed by atoms with Crippen LogP contribution in [0.4, 0.5) is 4.39 Å². The van der Waals surface area contributed by atoms with Crippen LogP contribution in [0.15, 0.2) is 12.2 Å². The average molecular weight is 260 g/mol. The van der Waals surface area contributed by atoms with Crippen molar-refractivity contribution in [3.63, 3.8) is 0 Å². The standard InChI is InChI=1S/C12H17FO5/c1-4-5-11(13)7-12(11,18-9(3)15)10(16)6-17-8(2)14/h4-5,10,16H,6-7H2,1-3H3/b5-4+/t10?,11-,12-/m1/s1. The first kappa shape index (κ1) is 14.6. The molecule has 1 saturated carbocycles. The minimum absolute atomic E-state index is 0.146. The van der Waals surface area contributed by atoms with Crippen molar-refractivity contribution in [2.75, 3.05) is 6.61 Å². The van der Waals surface area contributed by atoms with Crippen molar-refractivity contribution in [2.24, 2.45) is 0 Å². The highest BCUT2D eigenvalue weighted by molar-refractivity contribution is 5.68. The molecule has 0 amide bonds. The number of ether oxygens (including phenoxy) is 2. The number of alkyl halides is 1. The number of carbonyl (C=O) groups excluding carboxylic acids is 2. The second-order valence-corrected chi connectivity index (χ2v) is 4.34. The van der Waals surface area contributed by atoms with E-state index < -0.39 is 35.9 Å². The van der Waals surface area contributed by atoms with Gasteiger partial charge in [0.1, 0.15) is 12.7 Å². The number of hydrogen-bond donors (Lipinski definition) is 1. The summed E-state index contributed by atoms with van der Waals surface area (Å²) < 4.78 is 23.8. The molecule has 0 spiro atoms. The molecule has 0 saturated heterocycles. The number of carbonyl (C=O) groups is 2. The number of hydrogen-bond acceptors (Lipinski definition) is 5. The van der Waals surface area contributed by atoms with Crippen LogP contribution in [0.3, 0.4) is 0 Å². The second kappa shape index (κ2) is 5.06. The van der Waals surface area contributed by atoms with Gasteiger partial charge in [-0.2, -0.15) is 0 Å². The van der Waals surface area contributed by atoms with E-state index in [0.29, 0.717) is 0 Å². The Kier molecular flexibility index (Phi) is 4.11. The molecule has 0 aliphatic heterocycles. The summed E-state index contributed by atoms with van der Waals surface area (Å²) in [5, 5.41) is 9.87. The lowest BCUT2D eigenvalue weighted by atomic mass is 10.1. The summed E-state index contributed by atoms with van der Waals surface area (Å²) in [6.07, 6.45) is 1.16. The van der Waals surface area contributed by atoms with Crippen molar-refractivity contribution in [1.29, 1.82) is 0 Å². The molecule has 1 unspecified atom stereocenters. The molecule has 5 nitrogen and oxygen atoms in total. The number of aliphatic hydroxyl groups is 1. The zero-order valence-electron chi connectivity index (χ0n) is 10.6. The van der Waals surface area contributed by atoms with Crippen LogP contribution in [0.2, 0.25) is 0 Å². The molecule has 1 aliphatic carbocycles. The summed E-state index contributed by atoms with van der Waals surface area (Å²) >= 11 is 0. The molecule has 102 valence electrons. The molecule has 3 atom stereocenters. The molecule has 1 aliphatic rings. The number of halogens is 1. The Balaban J connectivity index is 2.81. The molecule has 0 aromatic rings. The molecule has 0 bridgehead atoms. The summed E-state index contributed by atoms with van der Waals surface area (Å²) in [5.74, 6) is -1.29. The number of aliphatic hydroxyl groups excluding tert-OH is 1. The van der Waals surface area contributed by atoms with Crippen LogP contribution in [0.25, 0.3) is 0 Å². The van der Waals surface area contributed by atoms with Gasteiger partial charge in [0.2, 0.25) is 0 Å².